The maximum atomic E-state index is 13.5. The van der Waals surface area contributed by atoms with Gasteiger partial charge in [-0.2, -0.15) is 0 Å². The summed E-state index contributed by atoms with van der Waals surface area (Å²) in [5.74, 6) is 0.444. The van der Waals surface area contributed by atoms with Crippen LogP contribution in [0.3, 0.4) is 0 Å². The summed E-state index contributed by atoms with van der Waals surface area (Å²) in [6.45, 7) is 0. The highest BCUT2D eigenvalue weighted by atomic mass is 19.1. The van der Waals surface area contributed by atoms with Gasteiger partial charge >= 0.3 is 0 Å². The quantitative estimate of drug-likeness (QED) is 0.522. The van der Waals surface area contributed by atoms with Crippen molar-refractivity contribution in [3.8, 4) is 11.3 Å². The highest BCUT2D eigenvalue weighted by molar-refractivity contribution is 6.11. The van der Waals surface area contributed by atoms with Gasteiger partial charge in [0.25, 0.3) is 5.91 Å². The van der Waals surface area contributed by atoms with Gasteiger partial charge in [-0.1, -0.05) is 32.1 Å². The fourth-order valence-corrected chi connectivity index (χ4v) is 4.79. The molecule has 1 fully saturated rings. The van der Waals surface area contributed by atoms with Crippen LogP contribution >= 0.6 is 0 Å². The van der Waals surface area contributed by atoms with Gasteiger partial charge in [0.05, 0.1) is 5.56 Å². The molecule has 0 atom stereocenters. The SMILES string of the molecule is CNC(=O)c1c(-c2ccc(F)cc2)oc2cc(N(C)C)c(C3CCCCCCC3)cc12. The molecule has 0 spiro atoms. The molecule has 1 N–H and O–H groups in total. The minimum absolute atomic E-state index is 0.195. The number of carbonyl (C=O) groups excluding carboxylic acids is 1. The number of halogens is 1. The minimum Gasteiger partial charge on any atom is -0.455 e. The van der Waals surface area contributed by atoms with Crippen LogP contribution in [0.15, 0.2) is 40.8 Å². The number of hydrogen-bond acceptors (Lipinski definition) is 3. The number of anilines is 1. The molecule has 4 rings (SSSR count). The van der Waals surface area contributed by atoms with Crippen LogP contribution in [0.1, 0.15) is 66.8 Å². The van der Waals surface area contributed by atoms with Crippen molar-refractivity contribution in [2.45, 2.75) is 50.9 Å². The summed E-state index contributed by atoms with van der Waals surface area (Å²) in [4.78, 5) is 15.0. The fraction of sp³-hybridized carbons (Fsp3) is 0.423. The van der Waals surface area contributed by atoms with Crippen LogP contribution in [0.25, 0.3) is 22.3 Å². The normalized spacial score (nSPS) is 15.5. The number of furan rings is 1. The lowest BCUT2D eigenvalue weighted by Crippen LogP contribution is -2.18. The summed E-state index contributed by atoms with van der Waals surface area (Å²) in [6, 6.07) is 10.3. The summed E-state index contributed by atoms with van der Waals surface area (Å²) in [5, 5.41) is 3.57. The maximum absolute atomic E-state index is 13.5. The van der Waals surface area contributed by atoms with E-state index in [2.05, 4.69) is 36.4 Å². The molecule has 5 heteroatoms. The van der Waals surface area contributed by atoms with Gasteiger partial charge in [0.1, 0.15) is 17.2 Å². The lowest BCUT2D eigenvalue weighted by molar-refractivity contribution is 0.0964. The molecule has 0 unspecified atom stereocenters. The van der Waals surface area contributed by atoms with Crippen molar-refractivity contribution in [2.24, 2.45) is 0 Å². The first kappa shape index (κ1) is 21.4. The Hall–Kier alpha value is -2.82. The van der Waals surface area contributed by atoms with Crippen LogP contribution in [0, 0.1) is 5.82 Å². The number of rotatable bonds is 4. The summed E-state index contributed by atoms with van der Waals surface area (Å²) >= 11 is 0. The summed E-state index contributed by atoms with van der Waals surface area (Å²) in [5.41, 5.74) is 4.31. The van der Waals surface area contributed by atoms with E-state index in [-0.39, 0.29) is 11.7 Å². The van der Waals surface area contributed by atoms with E-state index in [1.165, 1.54) is 62.6 Å². The third-order valence-corrected chi connectivity index (χ3v) is 6.42. The average Bonchev–Trinajstić information content (AvgIpc) is 3.11. The zero-order valence-corrected chi connectivity index (χ0v) is 18.6. The van der Waals surface area contributed by atoms with E-state index in [0.29, 0.717) is 28.4 Å². The van der Waals surface area contributed by atoms with Gasteiger partial charge in [-0.15, -0.1) is 0 Å². The van der Waals surface area contributed by atoms with Crippen molar-refractivity contribution >= 4 is 22.6 Å². The van der Waals surface area contributed by atoms with E-state index >= 15 is 0 Å². The van der Waals surface area contributed by atoms with Crippen LogP contribution < -0.4 is 10.2 Å². The molecule has 1 amide bonds. The van der Waals surface area contributed by atoms with Crippen molar-refractivity contribution in [1.82, 2.24) is 5.32 Å². The number of hydrogen-bond donors (Lipinski definition) is 1. The van der Waals surface area contributed by atoms with Gasteiger partial charge in [0.15, 0.2) is 0 Å². The highest BCUT2D eigenvalue weighted by Crippen LogP contribution is 2.42. The van der Waals surface area contributed by atoms with Crippen LogP contribution in [0.4, 0.5) is 10.1 Å². The standard InChI is InChI=1S/C26H31FN2O2/c1-28-26(30)24-21-15-20(17-9-7-5-4-6-8-10-17)22(29(2)3)16-23(21)31-25(24)18-11-13-19(27)14-12-18/h11-17H,4-10H2,1-3H3,(H,28,30). The maximum Gasteiger partial charge on any atom is 0.255 e. The molecule has 2 aromatic carbocycles. The number of fused-ring (bicyclic) bond motifs is 1. The lowest BCUT2D eigenvalue weighted by Gasteiger charge is -2.26. The van der Waals surface area contributed by atoms with Gasteiger partial charge in [0, 0.05) is 43.8 Å². The molecule has 31 heavy (non-hydrogen) atoms. The van der Waals surface area contributed by atoms with E-state index in [0.717, 1.165) is 11.1 Å². The van der Waals surface area contributed by atoms with Gasteiger partial charge in [0.2, 0.25) is 0 Å². The van der Waals surface area contributed by atoms with E-state index in [1.54, 1.807) is 19.2 Å². The van der Waals surface area contributed by atoms with Crippen molar-refractivity contribution < 1.29 is 13.6 Å². The van der Waals surface area contributed by atoms with Crippen LogP contribution in [0.5, 0.6) is 0 Å². The fourth-order valence-electron chi connectivity index (χ4n) is 4.79. The monoisotopic (exact) mass is 422 g/mol. The molecule has 0 saturated heterocycles. The minimum atomic E-state index is -0.317. The van der Waals surface area contributed by atoms with Crippen molar-refractivity contribution in [3.05, 3.63) is 53.3 Å². The molecule has 0 aliphatic heterocycles. The number of nitrogens with zero attached hydrogens (tertiary/aromatic N) is 1. The summed E-state index contributed by atoms with van der Waals surface area (Å²) in [6.07, 6.45) is 8.73. The Morgan fingerprint density at radius 2 is 1.68 bits per heavy atom. The molecule has 1 saturated carbocycles. The number of benzene rings is 2. The first-order valence-electron chi connectivity index (χ1n) is 11.3. The predicted octanol–water partition coefficient (Wildman–Crippen LogP) is 6.49. The largest absolute Gasteiger partial charge is 0.455 e. The first-order valence-corrected chi connectivity index (χ1v) is 11.3. The smallest absolute Gasteiger partial charge is 0.255 e. The van der Waals surface area contributed by atoms with Crippen molar-refractivity contribution in [3.63, 3.8) is 0 Å². The zero-order chi connectivity index (χ0) is 22.0. The number of amides is 1. The molecule has 1 aliphatic carbocycles. The Morgan fingerprint density at radius 1 is 1.03 bits per heavy atom. The Kier molecular flexibility index (Phi) is 6.30. The van der Waals surface area contributed by atoms with Crippen molar-refractivity contribution in [1.29, 1.82) is 0 Å². The Morgan fingerprint density at radius 3 is 2.29 bits per heavy atom. The Labute approximate surface area is 183 Å². The molecular weight excluding hydrogens is 391 g/mol. The van der Waals surface area contributed by atoms with E-state index in [9.17, 15) is 9.18 Å². The molecule has 1 heterocycles. The Balaban J connectivity index is 1.91. The molecule has 0 radical (unpaired) electrons. The second-order valence-electron chi connectivity index (χ2n) is 8.74. The second kappa shape index (κ2) is 9.13. The summed E-state index contributed by atoms with van der Waals surface area (Å²) in [7, 11) is 5.73. The second-order valence-corrected chi connectivity index (χ2v) is 8.74. The van der Waals surface area contributed by atoms with E-state index in [1.807, 2.05) is 0 Å². The first-order chi connectivity index (χ1) is 15.0. The van der Waals surface area contributed by atoms with Crippen LogP contribution in [-0.2, 0) is 0 Å². The molecule has 164 valence electrons. The average molecular weight is 423 g/mol. The third-order valence-electron chi connectivity index (χ3n) is 6.42. The number of nitrogens with one attached hydrogen (secondary N) is 1. The van der Waals surface area contributed by atoms with Crippen molar-refractivity contribution in [2.75, 3.05) is 26.0 Å². The number of carbonyl (C=O) groups is 1. The lowest BCUT2D eigenvalue weighted by atomic mass is 9.84. The van der Waals surface area contributed by atoms with Gasteiger partial charge in [-0.05, 0) is 54.7 Å². The molecule has 3 aromatic rings. The van der Waals surface area contributed by atoms with Crippen LogP contribution in [0.2, 0.25) is 0 Å². The van der Waals surface area contributed by atoms with Gasteiger partial charge in [-0.3, -0.25) is 4.79 Å². The Bertz CT molecular complexity index is 1060. The highest BCUT2D eigenvalue weighted by Gasteiger charge is 2.26. The molecule has 0 bridgehead atoms. The topological polar surface area (TPSA) is 45.5 Å². The van der Waals surface area contributed by atoms with Gasteiger partial charge < -0.3 is 14.6 Å². The van der Waals surface area contributed by atoms with Gasteiger partial charge in [-0.25, -0.2) is 4.39 Å². The van der Waals surface area contributed by atoms with E-state index < -0.39 is 0 Å². The molecule has 1 aliphatic rings. The zero-order valence-electron chi connectivity index (χ0n) is 18.6. The van der Waals surface area contributed by atoms with E-state index in [4.69, 9.17) is 4.42 Å². The third kappa shape index (κ3) is 4.32. The summed E-state index contributed by atoms with van der Waals surface area (Å²) < 4.78 is 19.7. The molecule has 4 nitrogen and oxygen atoms in total. The predicted molar refractivity (Wildman–Crippen MR) is 124 cm³/mol. The van der Waals surface area contributed by atoms with Crippen LogP contribution in [-0.4, -0.2) is 27.1 Å². The molecular formula is C26H31FN2O2. The molecule has 1 aromatic heterocycles.